The number of nitrogens with zero attached hydrogens (tertiary/aromatic N) is 1. The van der Waals surface area contributed by atoms with Crippen LogP contribution in [0.25, 0.3) is 11.0 Å². The van der Waals surface area contributed by atoms with Crippen molar-refractivity contribution in [1.29, 1.82) is 0 Å². The van der Waals surface area contributed by atoms with Crippen LogP contribution in [0.5, 0.6) is 11.5 Å². The molecule has 1 saturated carbocycles. The van der Waals surface area contributed by atoms with Gasteiger partial charge in [-0.05, 0) is 36.9 Å². The first-order valence-corrected chi connectivity index (χ1v) is 7.88. The molecule has 1 aliphatic rings. The van der Waals surface area contributed by atoms with E-state index >= 15 is 0 Å². The van der Waals surface area contributed by atoms with Crippen LogP contribution >= 0.6 is 12.2 Å². The summed E-state index contributed by atoms with van der Waals surface area (Å²) in [5.41, 5.74) is 2.51. The van der Waals surface area contributed by atoms with Gasteiger partial charge >= 0.3 is 0 Å². The summed E-state index contributed by atoms with van der Waals surface area (Å²) < 4.78 is 13.8. The molecule has 3 rings (SSSR count). The number of H-pyrrole nitrogens is 1. The molecule has 0 amide bonds. The predicted octanol–water partition coefficient (Wildman–Crippen LogP) is 4.30. The molecule has 0 saturated heterocycles. The van der Waals surface area contributed by atoms with E-state index in [-0.39, 0.29) is 0 Å². The van der Waals surface area contributed by atoms with Gasteiger partial charge in [-0.3, -0.25) is 0 Å². The zero-order chi connectivity index (χ0) is 15.0. The summed E-state index contributed by atoms with van der Waals surface area (Å²) in [6, 6.07) is 3.97. The second-order valence-corrected chi connectivity index (χ2v) is 6.33. The molecule has 0 atom stereocenters. The Labute approximate surface area is 130 Å². The second kappa shape index (κ2) is 5.37. The van der Waals surface area contributed by atoms with Crippen molar-refractivity contribution in [3.05, 3.63) is 16.9 Å². The van der Waals surface area contributed by atoms with Crippen molar-refractivity contribution in [1.82, 2.24) is 9.55 Å². The van der Waals surface area contributed by atoms with Crippen molar-refractivity contribution in [2.45, 2.75) is 39.2 Å². The highest BCUT2D eigenvalue weighted by Crippen LogP contribution is 2.46. The molecule has 21 heavy (non-hydrogen) atoms. The SMILES string of the molecule is CCC1(Cn2c(=S)[nH]c3cc(OC)c(OC)cc32)CCC1. The van der Waals surface area contributed by atoms with Gasteiger partial charge in [0.1, 0.15) is 0 Å². The van der Waals surface area contributed by atoms with Crippen LogP contribution in [0, 0.1) is 10.2 Å². The third-order valence-electron chi connectivity index (χ3n) is 4.94. The number of methoxy groups -OCH3 is 2. The minimum atomic E-state index is 0.417. The molecule has 0 spiro atoms. The van der Waals surface area contributed by atoms with Gasteiger partial charge in [-0.1, -0.05) is 13.3 Å². The number of aromatic amines is 1. The number of imidazole rings is 1. The van der Waals surface area contributed by atoms with Gasteiger partial charge in [-0.15, -0.1) is 0 Å². The van der Waals surface area contributed by atoms with Gasteiger partial charge in [0, 0.05) is 18.7 Å². The number of fused-ring (bicyclic) bond motifs is 1. The lowest BCUT2D eigenvalue weighted by atomic mass is 9.67. The third-order valence-corrected chi connectivity index (χ3v) is 5.26. The first-order valence-electron chi connectivity index (χ1n) is 7.47. The molecular formula is C16H22N2O2S. The highest BCUT2D eigenvalue weighted by molar-refractivity contribution is 7.71. The quantitative estimate of drug-likeness (QED) is 0.837. The number of nitrogens with one attached hydrogen (secondary N) is 1. The fourth-order valence-electron chi connectivity index (χ4n) is 3.28. The Morgan fingerprint density at radius 1 is 1.24 bits per heavy atom. The summed E-state index contributed by atoms with van der Waals surface area (Å²) in [4.78, 5) is 3.29. The molecule has 1 N–H and O–H groups in total. The Hall–Kier alpha value is -1.49. The van der Waals surface area contributed by atoms with Crippen LogP contribution in [0.3, 0.4) is 0 Å². The maximum atomic E-state index is 5.53. The Morgan fingerprint density at radius 2 is 1.90 bits per heavy atom. The maximum absolute atomic E-state index is 5.53. The van der Waals surface area contributed by atoms with Crippen LogP contribution in [-0.4, -0.2) is 23.8 Å². The average molecular weight is 306 g/mol. The molecule has 1 heterocycles. The Balaban J connectivity index is 2.10. The lowest BCUT2D eigenvalue weighted by Gasteiger charge is -2.41. The smallest absolute Gasteiger partial charge is 0.178 e. The Kier molecular flexibility index (Phi) is 3.69. The van der Waals surface area contributed by atoms with Crippen molar-refractivity contribution in [3.63, 3.8) is 0 Å². The number of hydrogen-bond acceptors (Lipinski definition) is 3. The lowest BCUT2D eigenvalue weighted by molar-refractivity contribution is 0.101. The topological polar surface area (TPSA) is 39.2 Å². The molecule has 0 bridgehead atoms. The van der Waals surface area contributed by atoms with Gasteiger partial charge in [0.15, 0.2) is 16.3 Å². The number of ether oxygens (including phenoxy) is 2. The van der Waals surface area contributed by atoms with E-state index in [2.05, 4.69) is 16.5 Å². The zero-order valence-electron chi connectivity index (χ0n) is 12.9. The van der Waals surface area contributed by atoms with Crippen LogP contribution in [0.4, 0.5) is 0 Å². The van der Waals surface area contributed by atoms with E-state index in [1.807, 2.05) is 12.1 Å². The Morgan fingerprint density at radius 3 is 2.43 bits per heavy atom. The normalized spacial score (nSPS) is 16.7. The summed E-state index contributed by atoms with van der Waals surface area (Å²) in [6.45, 7) is 3.26. The van der Waals surface area contributed by atoms with Crippen molar-refractivity contribution in [2.24, 2.45) is 5.41 Å². The molecule has 2 aromatic rings. The van der Waals surface area contributed by atoms with Gasteiger partial charge < -0.3 is 19.0 Å². The standard InChI is InChI=1S/C16H22N2O2S/c1-4-16(6-5-7-16)10-18-12-9-14(20-3)13(19-2)8-11(12)17-15(18)21/h8-9H,4-7,10H2,1-3H3,(H,17,21). The lowest BCUT2D eigenvalue weighted by Crippen LogP contribution is -2.33. The first kappa shape index (κ1) is 14.4. The van der Waals surface area contributed by atoms with Crippen LogP contribution in [0.15, 0.2) is 12.1 Å². The highest BCUT2D eigenvalue weighted by Gasteiger charge is 2.36. The summed E-state index contributed by atoms with van der Waals surface area (Å²) in [6.07, 6.45) is 5.13. The molecule has 4 nitrogen and oxygen atoms in total. The highest BCUT2D eigenvalue weighted by atomic mass is 32.1. The molecule has 114 valence electrons. The third kappa shape index (κ3) is 2.33. The number of benzene rings is 1. The first-order chi connectivity index (χ1) is 10.1. The van der Waals surface area contributed by atoms with Crippen LogP contribution in [-0.2, 0) is 6.54 Å². The predicted molar refractivity (Wildman–Crippen MR) is 86.8 cm³/mol. The zero-order valence-corrected chi connectivity index (χ0v) is 13.7. The van der Waals surface area contributed by atoms with E-state index < -0.39 is 0 Å². The van der Waals surface area contributed by atoms with Gasteiger partial charge in [-0.25, -0.2) is 0 Å². The van der Waals surface area contributed by atoms with Crippen molar-refractivity contribution >= 4 is 23.3 Å². The summed E-state index contributed by atoms with van der Waals surface area (Å²) >= 11 is 5.53. The van der Waals surface area contributed by atoms with E-state index in [4.69, 9.17) is 21.7 Å². The molecule has 1 aromatic carbocycles. The molecule has 1 aromatic heterocycles. The Bertz CT molecular complexity index is 707. The molecule has 0 unspecified atom stereocenters. The minimum absolute atomic E-state index is 0.417. The monoisotopic (exact) mass is 306 g/mol. The molecule has 0 aliphatic heterocycles. The number of aromatic nitrogens is 2. The van der Waals surface area contributed by atoms with Gasteiger partial charge in [-0.2, -0.15) is 0 Å². The van der Waals surface area contributed by atoms with Crippen LogP contribution in [0.1, 0.15) is 32.6 Å². The van der Waals surface area contributed by atoms with Gasteiger partial charge in [0.05, 0.1) is 25.3 Å². The van der Waals surface area contributed by atoms with Gasteiger partial charge in [0.25, 0.3) is 0 Å². The summed E-state index contributed by atoms with van der Waals surface area (Å²) in [5.74, 6) is 1.47. The molecule has 1 aliphatic carbocycles. The second-order valence-electron chi connectivity index (χ2n) is 5.95. The van der Waals surface area contributed by atoms with Crippen LogP contribution < -0.4 is 9.47 Å². The van der Waals surface area contributed by atoms with Crippen molar-refractivity contribution in [3.8, 4) is 11.5 Å². The largest absolute Gasteiger partial charge is 0.493 e. The summed E-state index contributed by atoms with van der Waals surface area (Å²) in [7, 11) is 3.31. The molecule has 0 radical (unpaired) electrons. The molecule has 5 heteroatoms. The van der Waals surface area contributed by atoms with E-state index in [1.165, 1.54) is 25.7 Å². The fourth-order valence-corrected chi connectivity index (χ4v) is 3.55. The van der Waals surface area contributed by atoms with E-state index in [0.717, 1.165) is 33.8 Å². The fraction of sp³-hybridized carbons (Fsp3) is 0.562. The minimum Gasteiger partial charge on any atom is -0.493 e. The molecule has 1 fully saturated rings. The number of rotatable bonds is 5. The van der Waals surface area contributed by atoms with Crippen LogP contribution in [0.2, 0.25) is 0 Å². The van der Waals surface area contributed by atoms with Gasteiger partial charge in [0.2, 0.25) is 0 Å². The maximum Gasteiger partial charge on any atom is 0.178 e. The summed E-state index contributed by atoms with van der Waals surface area (Å²) in [5, 5.41) is 0. The van der Waals surface area contributed by atoms with Crippen molar-refractivity contribution < 1.29 is 9.47 Å². The average Bonchev–Trinajstić information content (AvgIpc) is 2.76. The van der Waals surface area contributed by atoms with E-state index in [9.17, 15) is 0 Å². The van der Waals surface area contributed by atoms with E-state index in [1.54, 1.807) is 14.2 Å². The number of hydrogen-bond donors (Lipinski definition) is 1. The van der Waals surface area contributed by atoms with Crippen molar-refractivity contribution in [2.75, 3.05) is 14.2 Å². The molecular weight excluding hydrogens is 284 g/mol. The van der Waals surface area contributed by atoms with E-state index in [0.29, 0.717) is 5.41 Å².